The van der Waals surface area contributed by atoms with Gasteiger partial charge in [-0.05, 0) is 32.3 Å². The summed E-state index contributed by atoms with van der Waals surface area (Å²) >= 11 is 1.62. The molecule has 2 rings (SSSR count). The van der Waals surface area contributed by atoms with Crippen LogP contribution < -0.4 is 0 Å². The van der Waals surface area contributed by atoms with Crippen LogP contribution in [0, 0.1) is 5.92 Å². The van der Waals surface area contributed by atoms with Gasteiger partial charge in [0, 0.05) is 11.8 Å². The van der Waals surface area contributed by atoms with E-state index in [1.54, 1.807) is 16.7 Å². The van der Waals surface area contributed by atoms with Gasteiger partial charge in [-0.15, -0.1) is 11.8 Å². The van der Waals surface area contributed by atoms with Crippen molar-refractivity contribution in [2.75, 3.05) is 5.75 Å². The maximum absolute atomic E-state index is 12.7. The molecule has 3 atom stereocenters. The van der Waals surface area contributed by atoms with Crippen LogP contribution in [0.25, 0.3) is 0 Å². The fourth-order valence-corrected chi connectivity index (χ4v) is 4.35. The van der Waals surface area contributed by atoms with E-state index in [2.05, 4.69) is 13.8 Å². The van der Waals surface area contributed by atoms with Gasteiger partial charge in [0.2, 0.25) is 0 Å². The molecule has 0 unspecified atom stereocenters. The van der Waals surface area contributed by atoms with E-state index < -0.39 is 11.7 Å². The fourth-order valence-electron chi connectivity index (χ4n) is 2.67. The largest absolute Gasteiger partial charge is 0.444 e. The van der Waals surface area contributed by atoms with Crippen molar-refractivity contribution in [3.8, 4) is 0 Å². The number of carbonyl (C=O) groups is 1. The molecule has 0 saturated carbocycles. The average molecular weight is 337 g/mol. The van der Waals surface area contributed by atoms with Gasteiger partial charge in [0.05, 0.1) is 0 Å². The summed E-state index contributed by atoms with van der Waals surface area (Å²) in [6.07, 6.45) is -1.07. The molecular weight excluding hydrogens is 310 g/mol. The Labute approximate surface area is 143 Å². The van der Waals surface area contributed by atoms with E-state index in [1.807, 2.05) is 51.1 Å². The third kappa shape index (κ3) is 4.42. The molecule has 1 heterocycles. The third-order valence-electron chi connectivity index (χ3n) is 3.85. The van der Waals surface area contributed by atoms with Crippen LogP contribution in [0.3, 0.4) is 0 Å². The highest BCUT2D eigenvalue weighted by atomic mass is 32.2. The smallest absolute Gasteiger partial charge is 0.411 e. The molecule has 4 nitrogen and oxygen atoms in total. The second-order valence-corrected chi connectivity index (χ2v) is 8.43. The molecule has 23 heavy (non-hydrogen) atoms. The quantitative estimate of drug-likeness (QED) is 0.904. The molecule has 1 amide bonds. The van der Waals surface area contributed by atoms with E-state index in [1.165, 1.54) is 0 Å². The summed E-state index contributed by atoms with van der Waals surface area (Å²) in [4.78, 5) is 14.4. The zero-order valence-electron chi connectivity index (χ0n) is 14.5. The summed E-state index contributed by atoms with van der Waals surface area (Å²) in [5.74, 6) is 1.12. The Morgan fingerprint density at radius 2 is 1.91 bits per heavy atom. The molecule has 0 bridgehead atoms. The zero-order chi connectivity index (χ0) is 17.2. The topological polar surface area (TPSA) is 49.8 Å². The highest BCUT2D eigenvalue weighted by Crippen LogP contribution is 2.40. The Bertz CT molecular complexity index is 527. The van der Waals surface area contributed by atoms with Crippen LogP contribution >= 0.6 is 11.8 Å². The van der Waals surface area contributed by atoms with Crippen molar-refractivity contribution in [3.05, 3.63) is 35.9 Å². The molecule has 0 aromatic heterocycles. The molecule has 128 valence electrons. The SMILES string of the molecule is CC(C)[C@H]1CS[C@@H]([C@H](O)c2ccccc2)N1C(=O)OC(C)(C)C. The van der Waals surface area contributed by atoms with E-state index in [0.717, 1.165) is 11.3 Å². The molecule has 1 fully saturated rings. The first-order chi connectivity index (χ1) is 10.7. The van der Waals surface area contributed by atoms with Gasteiger partial charge in [0.1, 0.15) is 17.1 Å². The Morgan fingerprint density at radius 1 is 1.30 bits per heavy atom. The van der Waals surface area contributed by atoms with Crippen molar-refractivity contribution in [2.45, 2.75) is 57.7 Å². The molecule has 1 aromatic rings. The van der Waals surface area contributed by atoms with Crippen molar-refractivity contribution >= 4 is 17.9 Å². The average Bonchev–Trinajstić information content (AvgIpc) is 2.90. The lowest BCUT2D eigenvalue weighted by Gasteiger charge is -2.35. The van der Waals surface area contributed by atoms with Gasteiger partial charge in [-0.25, -0.2) is 4.79 Å². The van der Waals surface area contributed by atoms with E-state index in [4.69, 9.17) is 4.74 Å². The summed E-state index contributed by atoms with van der Waals surface area (Å²) in [5.41, 5.74) is 0.275. The number of nitrogens with zero attached hydrogens (tertiary/aromatic N) is 1. The summed E-state index contributed by atoms with van der Waals surface area (Å²) in [6.45, 7) is 9.78. The van der Waals surface area contributed by atoms with Gasteiger partial charge < -0.3 is 9.84 Å². The first-order valence-electron chi connectivity index (χ1n) is 8.06. The molecule has 1 N–H and O–H groups in total. The molecule has 1 saturated heterocycles. The number of aliphatic hydroxyl groups is 1. The van der Waals surface area contributed by atoms with Crippen molar-refractivity contribution in [3.63, 3.8) is 0 Å². The number of hydrogen-bond acceptors (Lipinski definition) is 4. The molecule has 5 heteroatoms. The molecular formula is C18H27NO3S. The molecule has 1 aliphatic rings. The second kappa shape index (κ2) is 7.14. The van der Waals surface area contributed by atoms with E-state index in [-0.39, 0.29) is 17.5 Å². The minimum Gasteiger partial charge on any atom is -0.444 e. The number of rotatable bonds is 3. The third-order valence-corrected chi connectivity index (χ3v) is 5.21. The van der Waals surface area contributed by atoms with Gasteiger partial charge >= 0.3 is 6.09 Å². The van der Waals surface area contributed by atoms with Crippen LogP contribution in [0.15, 0.2) is 30.3 Å². The number of thioether (sulfide) groups is 1. The van der Waals surface area contributed by atoms with Crippen LogP contribution in [-0.2, 0) is 4.74 Å². The molecule has 0 aliphatic carbocycles. The number of benzene rings is 1. The molecule has 1 aromatic carbocycles. The van der Waals surface area contributed by atoms with Crippen LogP contribution in [0.2, 0.25) is 0 Å². The van der Waals surface area contributed by atoms with E-state index in [0.29, 0.717) is 5.92 Å². The van der Waals surface area contributed by atoms with Gasteiger partial charge in [0.15, 0.2) is 0 Å². The van der Waals surface area contributed by atoms with Crippen molar-refractivity contribution in [2.24, 2.45) is 5.92 Å². The van der Waals surface area contributed by atoms with Gasteiger partial charge in [-0.3, -0.25) is 4.90 Å². The fraction of sp³-hybridized carbons (Fsp3) is 0.611. The van der Waals surface area contributed by atoms with Crippen LogP contribution in [0.5, 0.6) is 0 Å². The number of aliphatic hydroxyl groups excluding tert-OH is 1. The number of hydrogen-bond donors (Lipinski definition) is 1. The van der Waals surface area contributed by atoms with Crippen molar-refractivity contribution in [1.29, 1.82) is 0 Å². The van der Waals surface area contributed by atoms with E-state index in [9.17, 15) is 9.90 Å². The second-order valence-electron chi connectivity index (χ2n) is 7.28. The minimum atomic E-state index is -0.725. The van der Waals surface area contributed by atoms with E-state index >= 15 is 0 Å². The Morgan fingerprint density at radius 3 is 2.43 bits per heavy atom. The summed E-state index contributed by atoms with van der Waals surface area (Å²) in [5, 5.41) is 10.4. The highest BCUT2D eigenvalue weighted by molar-refractivity contribution is 8.00. The summed E-state index contributed by atoms with van der Waals surface area (Å²) in [6, 6.07) is 9.56. The number of amides is 1. The molecule has 0 spiro atoms. The van der Waals surface area contributed by atoms with Crippen LogP contribution in [0.1, 0.15) is 46.3 Å². The van der Waals surface area contributed by atoms with Gasteiger partial charge in [0.25, 0.3) is 0 Å². The maximum atomic E-state index is 12.7. The number of ether oxygens (including phenoxy) is 1. The Kier molecular flexibility index (Phi) is 5.63. The predicted octanol–water partition coefficient (Wildman–Crippen LogP) is 4.05. The maximum Gasteiger partial charge on any atom is 0.411 e. The lowest BCUT2D eigenvalue weighted by Crippen LogP contribution is -2.48. The minimum absolute atomic E-state index is 0.0678. The van der Waals surface area contributed by atoms with Crippen LogP contribution in [0.4, 0.5) is 4.79 Å². The van der Waals surface area contributed by atoms with Gasteiger partial charge in [-0.1, -0.05) is 44.2 Å². The Hall–Kier alpha value is -1.20. The number of carbonyl (C=O) groups excluding carboxylic acids is 1. The Balaban J connectivity index is 2.25. The summed E-state index contributed by atoms with van der Waals surface area (Å²) in [7, 11) is 0. The van der Waals surface area contributed by atoms with Crippen molar-refractivity contribution < 1.29 is 14.6 Å². The first-order valence-corrected chi connectivity index (χ1v) is 9.11. The normalized spacial score (nSPS) is 23.2. The monoisotopic (exact) mass is 337 g/mol. The van der Waals surface area contributed by atoms with Gasteiger partial charge in [-0.2, -0.15) is 0 Å². The summed E-state index contributed by atoms with van der Waals surface area (Å²) < 4.78 is 5.58. The molecule has 1 aliphatic heterocycles. The van der Waals surface area contributed by atoms with Crippen LogP contribution in [-0.4, -0.2) is 38.9 Å². The lowest BCUT2D eigenvalue weighted by atomic mass is 10.0. The standard InChI is InChI=1S/C18H27NO3S/c1-12(2)14-11-23-16(15(20)13-9-7-6-8-10-13)19(14)17(21)22-18(3,4)5/h6-10,12,14-16,20H,11H2,1-5H3/t14-,15-,16+/m1/s1. The molecule has 0 radical (unpaired) electrons. The lowest BCUT2D eigenvalue weighted by molar-refractivity contribution is -0.00122. The zero-order valence-corrected chi connectivity index (χ0v) is 15.3. The highest BCUT2D eigenvalue weighted by Gasteiger charge is 2.44. The van der Waals surface area contributed by atoms with Crippen molar-refractivity contribution in [1.82, 2.24) is 4.90 Å². The first kappa shape index (κ1) is 18.1. The predicted molar refractivity (Wildman–Crippen MR) is 94.3 cm³/mol.